The third-order valence-electron chi connectivity index (χ3n) is 4.41. The number of aryl methyl sites for hydroxylation is 1. The normalized spacial score (nSPS) is 16.9. The number of fused-ring (bicyclic) bond motifs is 1. The lowest BCUT2D eigenvalue weighted by Gasteiger charge is -2.26. The number of urea groups is 1. The van der Waals surface area contributed by atoms with Gasteiger partial charge in [0, 0.05) is 0 Å². The minimum absolute atomic E-state index is 0.0315. The molecule has 0 radical (unpaired) electrons. The Morgan fingerprint density at radius 1 is 1.10 bits per heavy atom. The van der Waals surface area contributed by atoms with Gasteiger partial charge in [0.05, 0.1) is 22.2 Å². The van der Waals surface area contributed by atoms with Crippen LogP contribution in [-0.2, 0) is 9.59 Å². The first-order valence-electron chi connectivity index (χ1n) is 8.41. The second kappa shape index (κ2) is 6.75. The SMILES string of the molecule is Cc1ccc(N2C(=O)NC(=O)/C(=C/c3cc4c(cc3[N+](=O)[O-])OCO4)C2=O)cc1. The van der Waals surface area contributed by atoms with Crippen LogP contribution in [0, 0.1) is 17.0 Å². The van der Waals surface area contributed by atoms with Crippen molar-refractivity contribution in [3.05, 3.63) is 63.2 Å². The molecule has 2 aliphatic rings. The Balaban J connectivity index is 1.79. The quantitative estimate of drug-likeness (QED) is 0.365. The molecule has 10 heteroatoms. The van der Waals surface area contributed by atoms with E-state index in [4.69, 9.17) is 9.47 Å². The zero-order valence-electron chi connectivity index (χ0n) is 15.0. The molecular weight excluding hydrogens is 382 g/mol. The summed E-state index contributed by atoms with van der Waals surface area (Å²) in [5.41, 5.74) is 0.349. The van der Waals surface area contributed by atoms with Gasteiger partial charge in [-0.2, -0.15) is 0 Å². The number of rotatable bonds is 3. The van der Waals surface area contributed by atoms with Gasteiger partial charge in [-0.15, -0.1) is 0 Å². The molecule has 4 rings (SSSR count). The van der Waals surface area contributed by atoms with Crippen molar-refractivity contribution < 1.29 is 28.8 Å². The third-order valence-corrected chi connectivity index (χ3v) is 4.41. The number of barbiturate groups is 1. The number of nitrogens with one attached hydrogen (secondary N) is 1. The molecule has 2 aliphatic heterocycles. The number of hydrogen-bond acceptors (Lipinski definition) is 7. The number of amides is 4. The molecule has 0 saturated carbocycles. The molecule has 0 aliphatic carbocycles. The number of nitro benzene ring substituents is 1. The van der Waals surface area contributed by atoms with Gasteiger partial charge < -0.3 is 9.47 Å². The number of benzene rings is 2. The summed E-state index contributed by atoms with van der Waals surface area (Å²) in [7, 11) is 0. The highest BCUT2D eigenvalue weighted by Gasteiger charge is 2.37. The molecule has 4 amide bonds. The van der Waals surface area contributed by atoms with Gasteiger partial charge in [0.1, 0.15) is 5.57 Å². The molecule has 0 spiro atoms. The molecule has 1 N–H and O–H groups in total. The molecule has 2 heterocycles. The second-order valence-electron chi connectivity index (χ2n) is 6.31. The largest absolute Gasteiger partial charge is 0.454 e. The van der Waals surface area contributed by atoms with Gasteiger partial charge in [0.15, 0.2) is 11.5 Å². The molecular formula is C19H13N3O7. The van der Waals surface area contributed by atoms with Crippen molar-refractivity contribution in [1.82, 2.24) is 5.32 Å². The first kappa shape index (κ1) is 18.2. The van der Waals surface area contributed by atoms with Crippen LogP contribution < -0.4 is 19.7 Å². The highest BCUT2D eigenvalue weighted by Crippen LogP contribution is 2.39. The first-order chi connectivity index (χ1) is 13.8. The molecule has 0 bridgehead atoms. The van der Waals surface area contributed by atoms with Gasteiger partial charge in [0.2, 0.25) is 6.79 Å². The van der Waals surface area contributed by atoms with Crippen LogP contribution in [0.25, 0.3) is 6.08 Å². The Labute approximate surface area is 163 Å². The summed E-state index contributed by atoms with van der Waals surface area (Å²) < 4.78 is 10.3. The number of carbonyl (C=O) groups is 3. The van der Waals surface area contributed by atoms with Crippen LogP contribution in [-0.4, -0.2) is 29.6 Å². The van der Waals surface area contributed by atoms with Crippen molar-refractivity contribution in [2.45, 2.75) is 6.92 Å². The molecule has 0 aromatic heterocycles. The molecule has 10 nitrogen and oxygen atoms in total. The van der Waals surface area contributed by atoms with Crippen LogP contribution in [0.4, 0.5) is 16.2 Å². The second-order valence-corrected chi connectivity index (χ2v) is 6.31. The summed E-state index contributed by atoms with van der Waals surface area (Å²) in [5.74, 6) is -1.41. The minimum atomic E-state index is -0.949. The van der Waals surface area contributed by atoms with Crippen molar-refractivity contribution >= 4 is 35.3 Å². The van der Waals surface area contributed by atoms with Crippen molar-refractivity contribution in [3.63, 3.8) is 0 Å². The number of nitrogens with zero attached hydrogens (tertiary/aromatic N) is 2. The fourth-order valence-electron chi connectivity index (χ4n) is 2.96. The lowest BCUT2D eigenvalue weighted by atomic mass is 10.0. The number of nitro groups is 1. The van der Waals surface area contributed by atoms with Gasteiger partial charge in [-0.1, -0.05) is 17.7 Å². The van der Waals surface area contributed by atoms with E-state index in [1.54, 1.807) is 24.3 Å². The number of anilines is 1. The third kappa shape index (κ3) is 3.16. The average molecular weight is 395 g/mol. The highest BCUT2D eigenvalue weighted by atomic mass is 16.7. The smallest absolute Gasteiger partial charge is 0.335 e. The van der Waals surface area contributed by atoms with E-state index < -0.39 is 28.3 Å². The summed E-state index contributed by atoms with van der Waals surface area (Å²) in [6.45, 7) is 1.75. The van der Waals surface area contributed by atoms with Crippen LogP contribution in [0.2, 0.25) is 0 Å². The monoisotopic (exact) mass is 395 g/mol. The molecule has 29 heavy (non-hydrogen) atoms. The van der Waals surface area contributed by atoms with E-state index >= 15 is 0 Å². The van der Waals surface area contributed by atoms with Crippen LogP contribution in [0.1, 0.15) is 11.1 Å². The maximum absolute atomic E-state index is 12.9. The summed E-state index contributed by atoms with van der Waals surface area (Å²) in [4.78, 5) is 49.0. The maximum atomic E-state index is 12.9. The number of carbonyl (C=O) groups excluding carboxylic acids is 3. The van der Waals surface area contributed by atoms with Gasteiger partial charge >= 0.3 is 6.03 Å². The van der Waals surface area contributed by atoms with Crippen LogP contribution in [0.5, 0.6) is 11.5 Å². The van der Waals surface area contributed by atoms with Crippen LogP contribution >= 0.6 is 0 Å². The van der Waals surface area contributed by atoms with Crippen molar-refractivity contribution in [2.75, 3.05) is 11.7 Å². The highest BCUT2D eigenvalue weighted by molar-refractivity contribution is 6.39. The van der Waals surface area contributed by atoms with Gasteiger partial charge in [0.25, 0.3) is 17.5 Å². The van der Waals surface area contributed by atoms with E-state index in [1.807, 2.05) is 6.92 Å². The van der Waals surface area contributed by atoms with Crippen molar-refractivity contribution in [2.24, 2.45) is 0 Å². The lowest BCUT2D eigenvalue weighted by Crippen LogP contribution is -2.54. The molecule has 146 valence electrons. The summed E-state index contributed by atoms with van der Waals surface area (Å²) in [6.07, 6.45) is 1.06. The number of imide groups is 2. The Bertz CT molecular complexity index is 1110. The molecule has 2 aromatic rings. The Hall–Kier alpha value is -4.21. The summed E-state index contributed by atoms with van der Waals surface area (Å²) >= 11 is 0. The van der Waals surface area contributed by atoms with E-state index in [9.17, 15) is 24.5 Å². The fourth-order valence-corrected chi connectivity index (χ4v) is 2.96. The zero-order chi connectivity index (χ0) is 20.7. The van der Waals surface area contributed by atoms with Crippen molar-refractivity contribution in [1.29, 1.82) is 0 Å². The number of ether oxygens (including phenoxy) is 2. The molecule has 1 fully saturated rings. The van der Waals surface area contributed by atoms with E-state index in [0.29, 0.717) is 0 Å². The molecule has 0 unspecified atom stereocenters. The maximum Gasteiger partial charge on any atom is 0.335 e. The summed E-state index contributed by atoms with van der Waals surface area (Å²) in [6, 6.07) is 8.09. The predicted octanol–water partition coefficient (Wildman–Crippen LogP) is 2.30. The molecule has 1 saturated heterocycles. The van der Waals surface area contributed by atoms with Crippen molar-refractivity contribution in [3.8, 4) is 11.5 Å². The Morgan fingerprint density at radius 2 is 1.76 bits per heavy atom. The Morgan fingerprint density at radius 3 is 2.41 bits per heavy atom. The van der Waals surface area contributed by atoms with Gasteiger partial charge in [-0.3, -0.25) is 25.0 Å². The Kier molecular flexibility index (Phi) is 4.23. The molecule has 2 aromatic carbocycles. The van der Waals surface area contributed by atoms with E-state index in [-0.39, 0.29) is 35.2 Å². The summed E-state index contributed by atoms with van der Waals surface area (Å²) in [5, 5.41) is 13.5. The average Bonchev–Trinajstić information content (AvgIpc) is 3.13. The first-order valence-corrected chi connectivity index (χ1v) is 8.41. The minimum Gasteiger partial charge on any atom is -0.454 e. The predicted molar refractivity (Wildman–Crippen MR) is 99.4 cm³/mol. The zero-order valence-corrected chi connectivity index (χ0v) is 15.0. The topological polar surface area (TPSA) is 128 Å². The van der Waals surface area contributed by atoms with Gasteiger partial charge in [-0.25, -0.2) is 9.69 Å². The van der Waals surface area contributed by atoms with E-state index in [1.165, 1.54) is 6.07 Å². The standard InChI is InChI=1S/C19H13N3O7/c1-10-2-4-12(5-3-10)21-18(24)13(17(23)20-19(21)25)6-11-7-15-16(29-9-28-15)8-14(11)22(26)27/h2-8H,9H2,1H3,(H,20,23,25)/b13-6-. The van der Waals surface area contributed by atoms with E-state index in [2.05, 4.69) is 5.32 Å². The lowest BCUT2D eigenvalue weighted by molar-refractivity contribution is -0.385. The fraction of sp³-hybridized carbons (Fsp3) is 0.105. The van der Waals surface area contributed by atoms with Crippen LogP contribution in [0.3, 0.4) is 0 Å². The molecule has 0 atom stereocenters. The van der Waals surface area contributed by atoms with E-state index in [0.717, 1.165) is 22.6 Å². The van der Waals surface area contributed by atoms with Crippen LogP contribution in [0.15, 0.2) is 42.0 Å². The van der Waals surface area contributed by atoms with Gasteiger partial charge in [-0.05, 0) is 31.2 Å². The number of hydrogen-bond donors (Lipinski definition) is 1.